The summed E-state index contributed by atoms with van der Waals surface area (Å²) in [6, 6.07) is 15.0. The number of carbonyl (C=O) groups excluding carboxylic acids is 2. The standard InChI is InChI=1S/C30H28N4O7/c1-5-41-30(36)25-16(2)31-29-27(26(25)17-6-10-20(39-3)11-7-17)28(35)23(33-29)14-18-8-12-22(32-18)21-15-19(34(37)38)9-13-24(21)40-4/h6-15,26-27,32H,5H2,1-4H3,(H,31,33)/b23-14-. The van der Waals surface area contributed by atoms with E-state index in [0.717, 1.165) is 5.56 Å². The van der Waals surface area contributed by atoms with E-state index in [2.05, 4.69) is 15.3 Å². The smallest absolute Gasteiger partial charge is 0.336 e. The molecule has 1 aromatic heterocycles. The maximum absolute atomic E-state index is 13.8. The molecule has 0 radical (unpaired) electrons. The molecule has 0 bridgehead atoms. The predicted molar refractivity (Wildman–Crippen MR) is 152 cm³/mol. The van der Waals surface area contributed by atoms with E-state index in [1.807, 2.05) is 12.1 Å². The quantitative estimate of drug-likeness (QED) is 0.175. The van der Waals surface area contributed by atoms with Crippen LogP contribution in [0, 0.1) is 16.0 Å². The summed E-state index contributed by atoms with van der Waals surface area (Å²) in [5, 5.41) is 14.5. The van der Waals surface area contributed by atoms with Crippen molar-refractivity contribution in [2.24, 2.45) is 10.9 Å². The third-order valence-corrected chi connectivity index (χ3v) is 7.09. The first-order valence-corrected chi connectivity index (χ1v) is 12.9. The fraction of sp³-hybridized carbons (Fsp3) is 0.233. The number of benzene rings is 2. The molecule has 3 heterocycles. The summed E-state index contributed by atoms with van der Waals surface area (Å²) >= 11 is 0. The Morgan fingerprint density at radius 2 is 1.83 bits per heavy atom. The number of H-pyrrole nitrogens is 1. The maximum Gasteiger partial charge on any atom is 0.336 e. The Morgan fingerprint density at radius 3 is 2.49 bits per heavy atom. The lowest BCUT2D eigenvalue weighted by molar-refractivity contribution is -0.384. The minimum Gasteiger partial charge on any atom is -0.497 e. The maximum atomic E-state index is 13.8. The highest BCUT2D eigenvalue weighted by Crippen LogP contribution is 2.43. The summed E-state index contributed by atoms with van der Waals surface area (Å²) in [4.78, 5) is 45.6. The number of ketones is 1. The van der Waals surface area contributed by atoms with Crippen LogP contribution in [-0.2, 0) is 14.3 Å². The van der Waals surface area contributed by atoms with Crippen molar-refractivity contribution < 1.29 is 28.7 Å². The summed E-state index contributed by atoms with van der Waals surface area (Å²) in [7, 11) is 3.05. The molecule has 210 valence electrons. The van der Waals surface area contributed by atoms with Gasteiger partial charge in [-0.2, -0.15) is 0 Å². The van der Waals surface area contributed by atoms with Crippen LogP contribution in [-0.4, -0.2) is 48.3 Å². The summed E-state index contributed by atoms with van der Waals surface area (Å²) in [5.41, 5.74) is 3.45. The summed E-state index contributed by atoms with van der Waals surface area (Å²) in [5.74, 6) is -0.583. The van der Waals surface area contributed by atoms with Crippen LogP contribution in [0.4, 0.5) is 5.69 Å². The molecular weight excluding hydrogens is 528 g/mol. The summed E-state index contributed by atoms with van der Waals surface area (Å²) in [6.07, 6.45) is 1.62. The summed E-state index contributed by atoms with van der Waals surface area (Å²) < 4.78 is 16.0. The zero-order valence-corrected chi connectivity index (χ0v) is 22.9. The average molecular weight is 557 g/mol. The Kier molecular flexibility index (Phi) is 7.43. The van der Waals surface area contributed by atoms with Crippen LogP contribution >= 0.6 is 0 Å². The number of allylic oxidation sites excluding steroid dienone is 2. The van der Waals surface area contributed by atoms with E-state index in [0.29, 0.717) is 45.6 Å². The number of nitro groups is 1. The van der Waals surface area contributed by atoms with Crippen LogP contribution in [0.1, 0.15) is 31.0 Å². The Balaban J connectivity index is 1.52. The lowest BCUT2D eigenvalue weighted by Crippen LogP contribution is -2.42. The van der Waals surface area contributed by atoms with Gasteiger partial charge >= 0.3 is 5.97 Å². The van der Waals surface area contributed by atoms with Crippen molar-refractivity contribution in [3.63, 3.8) is 0 Å². The molecule has 0 saturated carbocycles. The third-order valence-electron chi connectivity index (χ3n) is 7.09. The molecule has 11 heteroatoms. The molecule has 0 amide bonds. The number of nitrogens with one attached hydrogen (secondary N) is 2. The number of hydrogen-bond acceptors (Lipinski definition) is 9. The number of carbonyl (C=O) groups is 2. The molecule has 0 aliphatic carbocycles. The number of methoxy groups -OCH3 is 2. The number of rotatable bonds is 8. The van der Waals surface area contributed by atoms with Gasteiger partial charge in [-0.1, -0.05) is 12.1 Å². The number of hydrogen-bond donors (Lipinski definition) is 2. The average Bonchev–Trinajstić information content (AvgIpc) is 3.56. The van der Waals surface area contributed by atoms with E-state index in [-0.39, 0.29) is 23.8 Å². The van der Waals surface area contributed by atoms with Gasteiger partial charge in [-0.3, -0.25) is 14.9 Å². The summed E-state index contributed by atoms with van der Waals surface area (Å²) in [6.45, 7) is 3.69. The van der Waals surface area contributed by atoms with Crippen molar-refractivity contribution in [3.8, 4) is 22.8 Å². The molecule has 11 nitrogen and oxygen atoms in total. The monoisotopic (exact) mass is 556 g/mol. The molecule has 3 aromatic rings. The van der Waals surface area contributed by atoms with Crippen LogP contribution in [0.2, 0.25) is 0 Å². The van der Waals surface area contributed by atoms with E-state index in [1.54, 1.807) is 51.3 Å². The number of fused-ring (bicyclic) bond motifs is 1. The first kappa shape index (κ1) is 27.4. The molecule has 0 fully saturated rings. The highest BCUT2D eigenvalue weighted by Gasteiger charge is 2.47. The molecule has 2 unspecified atom stereocenters. The van der Waals surface area contributed by atoms with Crippen LogP contribution < -0.4 is 14.8 Å². The molecule has 2 atom stereocenters. The first-order chi connectivity index (χ1) is 19.7. The van der Waals surface area contributed by atoms with Gasteiger partial charge in [0.1, 0.15) is 23.0 Å². The van der Waals surface area contributed by atoms with Crippen LogP contribution in [0.25, 0.3) is 17.3 Å². The fourth-order valence-corrected chi connectivity index (χ4v) is 5.20. The Hall–Kier alpha value is -5.19. The number of Topliss-reactive ketones (excluding diaryl/α,β-unsaturated/α-hetero) is 1. The highest BCUT2D eigenvalue weighted by atomic mass is 16.6. The molecule has 2 N–H and O–H groups in total. The first-order valence-electron chi connectivity index (χ1n) is 12.9. The second-order valence-electron chi connectivity index (χ2n) is 9.47. The van der Waals surface area contributed by atoms with Crippen molar-refractivity contribution in [2.75, 3.05) is 20.8 Å². The third kappa shape index (κ3) is 5.09. The van der Waals surface area contributed by atoms with E-state index in [4.69, 9.17) is 14.2 Å². The van der Waals surface area contributed by atoms with Crippen molar-refractivity contribution >= 4 is 29.4 Å². The van der Waals surface area contributed by atoms with Gasteiger partial charge in [0.25, 0.3) is 5.69 Å². The van der Waals surface area contributed by atoms with Crippen molar-refractivity contribution in [3.05, 3.63) is 92.9 Å². The lowest BCUT2D eigenvalue weighted by atomic mass is 9.75. The Bertz CT molecular complexity index is 1630. The van der Waals surface area contributed by atoms with Gasteiger partial charge in [-0.05, 0) is 55.8 Å². The molecule has 2 aliphatic rings. The normalized spacial score (nSPS) is 19.0. The van der Waals surface area contributed by atoms with Crippen LogP contribution in [0.15, 0.2) is 76.6 Å². The molecule has 2 aliphatic heterocycles. The van der Waals surface area contributed by atoms with Gasteiger partial charge < -0.3 is 24.5 Å². The number of non-ortho nitro benzene ring substituents is 1. The SMILES string of the molecule is CCOC(=O)C1=C(C)NC2=N/C(=C\c3ccc(-c4cc([N+](=O)[O-])ccc4OC)[nH]3)C(=O)C2C1c1ccc(OC)cc1. The van der Waals surface area contributed by atoms with Gasteiger partial charge in [-0.25, -0.2) is 9.79 Å². The number of aromatic nitrogens is 1. The topological polar surface area (TPSA) is 145 Å². The van der Waals surface area contributed by atoms with Gasteiger partial charge in [0.15, 0.2) is 5.78 Å². The van der Waals surface area contributed by atoms with E-state index in [1.165, 1.54) is 25.3 Å². The van der Waals surface area contributed by atoms with E-state index >= 15 is 0 Å². The van der Waals surface area contributed by atoms with Crippen LogP contribution in [0.5, 0.6) is 11.5 Å². The van der Waals surface area contributed by atoms with Gasteiger partial charge in [-0.15, -0.1) is 0 Å². The number of nitrogens with zero attached hydrogens (tertiary/aromatic N) is 2. The molecule has 5 rings (SSSR count). The zero-order chi connectivity index (χ0) is 29.3. The second-order valence-corrected chi connectivity index (χ2v) is 9.47. The zero-order valence-electron chi connectivity index (χ0n) is 22.9. The highest BCUT2D eigenvalue weighted by molar-refractivity contribution is 6.21. The number of esters is 1. The van der Waals surface area contributed by atoms with Gasteiger partial charge in [0, 0.05) is 40.7 Å². The Labute approximate surface area is 235 Å². The van der Waals surface area contributed by atoms with Crippen LogP contribution in [0.3, 0.4) is 0 Å². The number of aliphatic imine (C=N–C) groups is 1. The molecule has 0 spiro atoms. The van der Waals surface area contributed by atoms with E-state index < -0.39 is 22.7 Å². The second kappa shape index (κ2) is 11.1. The number of amidine groups is 1. The minimum absolute atomic E-state index is 0.0762. The van der Waals surface area contributed by atoms with Gasteiger partial charge in [0.2, 0.25) is 0 Å². The predicted octanol–water partition coefficient (Wildman–Crippen LogP) is 4.77. The fourth-order valence-electron chi connectivity index (χ4n) is 5.20. The molecular formula is C30H28N4O7. The van der Waals surface area contributed by atoms with Crippen molar-refractivity contribution in [1.82, 2.24) is 10.3 Å². The van der Waals surface area contributed by atoms with E-state index in [9.17, 15) is 19.7 Å². The van der Waals surface area contributed by atoms with Crippen molar-refractivity contribution in [1.29, 1.82) is 0 Å². The molecule has 0 saturated heterocycles. The minimum atomic E-state index is -0.760. The van der Waals surface area contributed by atoms with Crippen molar-refractivity contribution in [2.45, 2.75) is 19.8 Å². The molecule has 2 aromatic carbocycles. The lowest BCUT2D eigenvalue weighted by Gasteiger charge is -2.32. The van der Waals surface area contributed by atoms with Gasteiger partial charge in [0.05, 0.1) is 37.2 Å². The largest absolute Gasteiger partial charge is 0.497 e. The number of ether oxygens (including phenoxy) is 3. The number of nitro benzene ring substituents is 1. The Morgan fingerprint density at radius 1 is 1.07 bits per heavy atom. The molecule has 41 heavy (non-hydrogen) atoms. The number of aromatic amines is 1.